The number of aliphatic hydroxyl groups is 1. The van der Waals surface area contributed by atoms with Gasteiger partial charge in [-0.15, -0.1) is 11.8 Å². The van der Waals surface area contributed by atoms with Crippen LogP contribution in [0.1, 0.15) is 57.2 Å². The minimum atomic E-state index is -4.81. The van der Waals surface area contributed by atoms with Crippen molar-refractivity contribution in [2.75, 3.05) is 20.1 Å². The number of β-amino-alcohol motifs (C(OH)–C–C–N with tert-alkyl or cyclic N) is 1. The van der Waals surface area contributed by atoms with E-state index in [2.05, 4.69) is 21.8 Å². The molecule has 1 aliphatic heterocycles. The number of aliphatic hydroxyl groups excluding tert-OH is 1. The third-order valence-corrected chi connectivity index (χ3v) is 10.0. The fourth-order valence-electron chi connectivity index (χ4n) is 4.57. The van der Waals surface area contributed by atoms with Gasteiger partial charge in [0.15, 0.2) is 0 Å². The van der Waals surface area contributed by atoms with Crippen LogP contribution in [-0.4, -0.2) is 70.9 Å². The van der Waals surface area contributed by atoms with E-state index in [1.54, 1.807) is 0 Å². The Bertz CT molecular complexity index is 1340. The standard InChI is InChI=1S/C29H38F3N3O5S2/c1-28(2,12-4-6-25-7-5-13-41-25)34-18-24(36)19-35(3)42(39,40)26-15-21(14-22(16-26)29(30,31)32)20-8-9-23(33-17-20)10-11-27(37)38/h5,8-9,13-17,24-25,34,36H,4,6-7,10-12,18-19H2,1-3H3,(H,37,38)/t24-,25?/m1/s1. The van der Waals surface area contributed by atoms with Crippen LogP contribution in [0.5, 0.6) is 0 Å². The number of benzene rings is 1. The number of rotatable bonds is 15. The highest BCUT2D eigenvalue weighted by Gasteiger charge is 2.34. The van der Waals surface area contributed by atoms with Crippen molar-refractivity contribution in [1.82, 2.24) is 14.6 Å². The molecule has 1 aliphatic rings. The summed E-state index contributed by atoms with van der Waals surface area (Å²) in [5.41, 5.74) is -0.755. The largest absolute Gasteiger partial charge is 0.481 e. The molecule has 2 aromatic rings. The van der Waals surface area contributed by atoms with Gasteiger partial charge in [0.2, 0.25) is 10.0 Å². The van der Waals surface area contributed by atoms with Crippen molar-refractivity contribution >= 4 is 27.8 Å². The first-order valence-corrected chi connectivity index (χ1v) is 16.0. The van der Waals surface area contributed by atoms with E-state index in [-0.39, 0.29) is 42.6 Å². The quantitative estimate of drug-likeness (QED) is 0.242. The van der Waals surface area contributed by atoms with E-state index in [9.17, 15) is 31.5 Å². The Morgan fingerprint density at radius 2 is 1.95 bits per heavy atom. The molecule has 0 saturated carbocycles. The number of allylic oxidation sites excluding steroid dienone is 1. The van der Waals surface area contributed by atoms with Crippen LogP contribution in [0.4, 0.5) is 13.2 Å². The number of alkyl halides is 3. The van der Waals surface area contributed by atoms with Gasteiger partial charge in [-0.2, -0.15) is 17.5 Å². The predicted octanol–water partition coefficient (Wildman–Crippen LogP) is 5.32. The van der Waals surface area contributed by atoms with Crippen LogP contribution in [0.3, 0.4) is 0 Å². The zero-order valence-electron chi connectivity index (χ0n) is 23.9. The first-order chi connectivity index (χ1) is 19.6. The van der Waals surface area contributed by atoms with Gasteiger partial charge in [-0.1, -0.05) is 18.6 Å². The van der Waals surface area contributed by atoms with Crippen molar-refractivity contribution in [3.05, 3.63) is 59.3 Å². The van der Waals surface area contributed by atoms with Gasteiger partial charge in [-0.3, -0.25) is 9.78 Å². The van der Waals surface area contributed by atoms with Crippen LogP contribution < -0.4 is 5.32 Å². The van der Waals surface area contributed by atoms with Gasteiger partial charge >= 0.3 is 12.1 Å². The van der Waals surface area contributed by atoms with Crippen molar-refractivity contribution in [2.45, 2.75) is 80.3 Å². The molecule has 3 N–H and O–H groups in total. The molecule has 0 radical (unpaired) electrons. The molecule has 1 aromatic heterocycles. The summed E-state index contributed by atoms with van der Waals surface area (Å²) < 4.78 is 68.8. The van der Waals surface area contributed by atoms with E-state index < -0.39 is 38.7 Å². The maximum Gasteiger partial charge on any atom is 0.416 e. The number of carboxylic acids is 1. The normalized spacial score (nSPS) is 16.7. The molecular weight excluding hydrogens is 591 g/mol. The van der Waals surface area contributed by atoms with Crippen molar-refractivity contribution in [3.8, 4) is 11.1 Å². The zero-order chi connectivity index (χ0) is 31.1. The lowest BCUT2D eigenvalue weighted by Crippen LogP contribution is -2.46. The van der Waals surface area contributed by atoms with E-state index in [1.807, 2.05) is 25.6 Å². The van der Waals surface area contributed by atoms with Gasteiger partial charge in [0.05, 0.1) is 23.0 Å². The summed E-state index contributed by atoms with van der Waals surface area (Å²) in [6, 6.07) is 5.53. The molecule has 2 heterocycles. The van der Waals surface area contributed by atoms with Crippen molar-refractivity contribution in [2.24, 2.45) is 0 Å². The summed E-state index contributed by atoms with van der Waals surface area (Å²) in [6.45, 7) is 3.82. The fourth-order valence-corrected chi connectivity index (χ4v) is 6.81. The van der Waals surface area contributed by atoms with Crippen LogP contribution in [0, 0.1) is 0 Å². The summed E-state index contributed by atoms with van der Waals surface area (Å²) in [6.07, 6.45) is 1.57. The molecule has 0 spiro atoms. The molecule has 2 atom stereocenters. The van der Waals surface area contributed by atoms with E-state index >= 15 is 0 Å². The second kappa shape index (κ2) is 14.3. The third kappa shape index (κ3) is 10.1. The lowest BCUT2D eigenvalue weighted by Gasteiger charge is -2.29. The minimum absolute atomic E-state index is 0.00941. The molecule has 1 unspecified atom stereocenters. The highest BCUT2D eigenvalue weighted by molar-refractivity contribution is 8.03. The van der Waals surface area contributed by atoms with Crippen LogP contribution in [0.25, 0.3) is 11.1 Å². The number of hydrogen-bond donors (Lipinski definition) is 3. The number of pyridine rings is 1. The van der Waals surface area contributed by atoms with Crippen molar-refractivity contribution in [1.29, 1.82) is 0 Å². The highest BCUT2D eigenvalue weighted by atomic mass is 32.2. The summed E-state index contributed by atoms with van der Waals surface area (Å²) >= 11 is 1.84. The van der Waals surface area contributed by atoms with Gasteiger partial charge in [0.1, 0.15) is 0 Å². The molecule has 0 saturated heterocycles. The topological polar surface area (TPSA) is 120 Å². The van der Waals surface area contributed by atoms with Crippen LogP contribution in [0.2, 0.25) is 0 Å². The Kier molecular flexibility index (Phi) is 11.6. The minimum Gasteiger partial charge on any atom is -0.481 e. The Labute approximate surface area is 249 Å². The fraction of sp³-hybridized carbons (Fsp3) is 0.517. The smallest absolute Gasteiger partial charge is 0.416 e. The molecule has 0 amide bonds. The number of likely N-dealkylation sites (N-methyl/N-ethyl adjacent to an activating group) is 1. The molecule has 232 valence electrons. The number of sulfonamides is 1. The van der Waals surface area contributed by atoms with Gasteiger partial charge in [-0.05, 0) is 68.3 Å². The van der Waals surface area contributed by atoms with Crippen LogP contribution in [0.15, 0.2) is 52.9 Å². The monoisotopic (exact) mass is 629 g/mol. The molecule has 1 aromatic carbocycles. The number of carboxylic acid groups (broad SMARTS) is 1. The van der Waals surface area contributed by atoms with Crippen molar-refractivity contribution < 1.29 is 36.6 Å². The average molecular weight is 630 g/mol. The summed E-state index contributed by atoms with van der Waals surface area (Å²) in [4.78, 5) is 14.3. The van der Waals surface area contributed by atoms with Gasteiger partial charge < -0.3 is 15.5 Å². The van der Waals surface area contributed by atoms with Gasteiger partial charge in [-0.25, -0.2) is 8.42 Å². The number of nitrogens with zero attached hydrogens (tertiary/aromatic N) is 2. The number of carbonyl (C=O) groups is 1. The number of nitrogens with one attached hydrogen (secondary N) is 1. The Balaban J connectivity index is 1.69. The lowest BCUT2D eigenvalue weighted by molar-refractivity contribution is -0.138. The lowest BCUT2D eigenvalue weighted by atomic mass is 9.96. The maximum absolute atomic E-state index is 13.8. The maximum atomic E-state index is 13.8. The van der Waals surface area contributed by atoms with E-state index in [0.29, 0.717) is 17.0 Å². The van der Waals surface area contributed by atoms with Crippen molar-refractivity contribution in [3.63, 3.8) is 0 Å². The first-order valence-electron chi connectivity index (χ1n) is 13.7. The number of aryl methyl sites for hydroxylation is 1. The average Bonchev–Trinajstić information content (AvgIpc) is 3.44. The van der Waals surface area contributed by atoms with Crippen LogP contribution >= 0.6 is 11.8 Å². The summed E-state index contributed by atoms with van der Waals surface area (Å²) in [5.74, 6) is -1.01. The summed E-state index contributed by atoms with van der Waals surface area (Å²) in [7, 11) is -3.18. The third-order valence-electron chi connectivity index (χ3n) is 7.07. The Hall–Kier alpha value is -2.45. The second-order valence-corrected chi connectivity index (χ2v) is 14.4. The predicted molar refractivity (Wildman–Crippen MR) is 158 cm³/mol. The number of aromatic nitrogens is 1. The van der Waals surface area contributed by atoms with Crippen LogP contribution in [-0.2, 0) is 27.4 Å². The molecule has 3 rings (SSSR count). The second-order valence-electron chi connectivity index (χ2n) is 11.1. The molecule has 42 heavy (non-hydrogen) atoms. The molecule has 0 bridgehead atoms. The first kappa shape index (κ1) is 34.0. The molecule has 13 heteroatoms. The number of thioether (sulfide) groups is 1. The van der Waals surface area contributed by atoms with Gasteiger partial charge in [0.25, 0.3) is 0 Å². The van der Waals surface area contributed by atoms with E-state index in [1.165, 1.54) is 25.4 Å². The molecule has 0 fully saturated rings. The van der Waals surface area contributed by atoms with E-state index in [4.69, 9.17) is 5.11 Å². The molecular formula is C29H38F3N3O5S2. The van der Waals surface area contributed by atoms with Gasteiger partial charge in [0, 0.05) is 54.8 Å². The Morgan fingerprint density at radius 3 is 2.55 bits per heavy atom. The highest BCUT2D eigenvalue weighted by Crippen LogP contribution is 2.35. The SMILES string of the molecule is CN(C[C@H](O)CNC(C)(C)CCCC1CC=CS1)S(=O)(=O)c1cc(-c2ccc(CCC(=O)O)nc2)cc(C(F)(F)F)c1. The Morgan fingerprint density at radius 1 is 1.21 bits per heavy atom. The van der Waals surface area contributed by atoms with E-state index in [0.717, 1.165) is 42.1 Å². The zero-order valence-corrected chi connectivity index (χ0v) is 25.5. The molecule has 0 aliphatic carbocycles. The number of hydrogen-bond acceptors (Lipinski definition) is 7. The number of halogens is 3. The molecule has 8 nitrogen and oxygen atoms in total. The summed E-state index contributed by atoms with van der Waals surface area (Å²) in [5, 5.41) is 25.4. The number of aliphatic carboxylic acids is 1.